The van der Waals surface area contributed by atoms with Crippen LogP contribution in [0.1, 0.15) is 4.88 Å². The Morgan fingerprint density at radius 3 is 2.81 bits per heavy atom. The molecule has 0 atom stereocenters. The van der Waals surface area contributed by atoms with Crippen molar-refractivity contribution in [2.75, 3.05) is 0 Å². The highest BCUT2D eigenvalue weighted by Crippen LogP contribution is 2.30. The highest BCUT2D eigenvalue weighted by molar-refractivity contribution is 7.15. The van der Waals surface area contributed by atoms with Gasteiger partial charge >= 0.3 is 0 Å². The van der Waals surface area contributed by atoms with E-state index in [1.54, 1.807) is 18.3 Å². The van der Waals surface area contributed by atoms with E-state index < -0.39 is 0 Å². The number of halogens is 2. The molecule has 2 aromatic rings. The molecule has 0 bridgehead atoms. The van der Waals surface area contributed by atoms with Gasteiger partial charge in [-0.15, -0.1) is 11.3 Å². The molecule has 0 fully saturated rings. The molecule has 1 aromatic heterocycles. The third kappa shape index (κ3) is 2.35. The third-order valence-electron chi connectivity index (χ3n) is 1.97. The van der Waals surface area contributed by atoms with E-state index >= 15 is 0 Å². The van der Waals surface area contributed by atoms with Gasteiger partial charge in [-0.05, 0) is 12.1 Å². The van der Waals surface area contributed by atoms with Gasteiger partial charge in [-0.2, -0.15) is 5.26 Å². The van der Waals surface area contributed by atoms with Gasteiger partial charge in [0, 0.05) is 16.6 Å². The normalized spacial score (nSPS) is 10.1. The number of thiazole rings is 1. The first kappa shape index (κ1) is 11.4. The van der Waals surface area contributed by atoms with Crippen molar-refractivity contribution in [3.63, 3.8) is 0 Å². The Bertz CT molecular complexity index is 557. The van der Waals surface area contributed by atoms with Gasteiger partial charge in [0.1, 0.15) is 5.01 Å². The number of rotatable bonds is 2. The van der Waals surface area contributed by atoms with E-state index in [4.69, 9.17) is 28.5 Å². The van der Waals surface area contributed by atoms with Gasteiger partial charge in [-0.1, -0.05) is 29.3 Å². The molecular formula is C11H6Cl2N2S. The maximum Gasteiger partial charge on any atom is 0.123 e. The molecule has 2 nitrogen and oxygen atoms in total. The summed E-state index contributed by atoms with van der Waals surface area (Å²) < 4.78 is 0. The number of nitrogens with zero attached hydrogens (tertiary/aromatic N) is 2. The van der Waals surface area contributed by atoms with E-state index in [1.165, 1.54) is 11.3 Å². The van der Waals surface area contributed by atoms with Gasteiger partial charge in [-0.25, -0.2) is 4.98 Å². The van der Waals surface area contributed by atoms with Gasteiger partial charge in [0.15, 0.2) is 0 Å². The van der Waals surface area contributed by atoms with Crippen LogP contribution in [-0.4, -0.2) is 4.98 Å². The van der Waals surface area contributed by atoms with Crippen molar-refractivity contribution in [1.29, 1.82) is 5.26 Å². The fourth-order valence-electron chi connectivity index (χ4n) is 1.23. The Morgan fingerprint density at radius 1 is 1.31 bits per heavy atom. The Balaban J connectivity index is 2.36. The van der Waals surface area contributed by atoms with E-state index in [-0.39, 0.29) is 0 Å². The number of hydrogen-bond acceptors (Lipinski definition) is 3. The quantitative estimate of drug-likeness (QED) is 0.819. The first-order chi connectivity index (χ1) is 7.70. The molecule has 0 saturated heterocycles. The lowest BCUT2D eigenvalue weighted by Crippen LogP contribution is -1.75. The number of aromatic nitrogens is 1. The van der Waals surface area contributed by atoms with E-state index in [1.807, 2.05) is 6.07 Å². The van der Waals surface area contributed by atoms with E-state index in [9.17, 15) is 0 Å². The second-order valence-corrected chi connectivity index (χ2v) is 5.03. The van der Waals surface area contributed by atoms with E-state index in [2.05, 4.69) is 11.1 Å². The zero-order chi connectivity index (χ0) is 11.5. The van der Waals surface area contributed by atoms with Crippen molar-refractivity contribution < 1.29 is 0 Å². The van der Waals surface area contributed by atoms with Gasteiger partial charge in [0.25, 0.3) is 0 Å². The smallest absolute Gasteiger partial charge is 0.123 e. The molecule has 2 rings (SSSR count). The van der Waals surface area contributed by atoms with E-state index in [0.29, 0.717) is 16.5 Å². The topological polar surface area (TPSA) is 36.7 Å². The number of benzene rings is 1. The Labute approximate surface area is 107 Å². The second kappa shape index (κ2) is 4.84. The van der Waals surface area contributed by atoms with Crippen molar-refractivity contribution in [3.05, 3.63) is 39.3 Å². The van der Waals surface area contributed by atoms with Crippen LogP contribution in [0.15, 0.2) is 24.4 Å². The lowest BCUT2D eigenvalue weighted by molar-refractivity contribution is 1.28. The van der Waals surface area contributed by atoms with Crippen molar-refractivity contribution in [2.45, 2.75) is 6.42 Å². The Morgan fingerprint density at radius 2 is 2.12 bits per heavy atom. The van der Waals surface area contributed by atoms with Crippen LogP contribution in [0.2, 0.25) is 10.0 Å². The molecule has 0 aliphatic rings. The lowest BCUT2D eigenvalue weighted by Gasteiger charge is -1.98. The summed E-state index contributed by atoms with van der Waals surface area (Å²) in [4.78, 5) is 5.19. The third-order valence-corrected chi connectivity index (χ3v) is 3.76. The molecule has 0 unspecified atom stereocenters. The van der Waals surface area contributed by atoms with Crippen LogP contribution in [0.25, 0.3) is 10.6 Å². The zero-order valence-corrected chi connectivity index (χ0v) is 10.4. The summed E-state index contributed by atoms with van der Waals surface area (Å²) in [5.74, 6) is 0. The van der Waals surface area contributed by atoms with Crippen LogP contribution >= 0.6 is 34.5 Å². The fourth-order valence-corrected chi connectivity index (χ4v) is 2.37. The fraction of sp³-hybridized carbons (Fsp3) is 0.0909. The molecule has 1 heterocycles. The summed E-state index contributed by atoms with van der Waals surface area (Å²) in [5.41, 5.74) is 0.920. The molecule has 0 amide bonds. The largest absolute Gasteiger partial charge is 0.244 e. The second-order valence-electron chi connectivity index (χ2n) is 3.10. The molecule has 0 aliphatic carbocycles. The van der Waals surface area contributed by atoms with Gasteiger partial charge in [0.05, 0.1) is 22.5 Å². The van der Waals surface area contributed by atoms with Crippen LogP contribution < -0.4 is 0 Å². The molecule has 0 spiro atoms. The standard InChI is InChI=1S/C11H6Cl2N2S/c12-9-2-1-7(5-10(9)13)11-15-6-8(16-11)3-4-14/h1-2,5-6H,3H2. The minimum absolute atomic E-state index is 0.388. The molecule has 16 heavy (non-hydrogen) atoms. The average molecular weight is 269 g/mol. The van der Waals surface area contributed by atoms with Crippen LogP contribution in [0, 0.1) is 11.3 Å². The van der Waals surface area contributed by atoms with E-state index in [0.717, 1.165) is 15.4 Å². The van der Waals surface area contributed by atoms with Gasteiger partial charge < -0.3 is 0 Å². The summed E-state index contributed by atoms with van der Waals surface area (Å²) in [6.45, 7) is 0. The molecule has 0 aliphatic heterocycles. The SMILES string of the molecule is N#CCc1cnc(-c2ccc(Cl)c(Cl)c2)s1. The predicted octanol–water partition coefficient (Wildman–Crippen LogP) is 4.18. The molecule has 0 radical (unpaired) electrons. The highest BCUT2D eigenvalue weighted by Gasteiger charge is 2.06. The minimum Gasteiger partial charge on any atom is -0.244 e. The maximum absolute atomic E-state index is 8.57. The summed E-state index contributed by atoms with van der Waals surface area (Å²) in [5, 5.41) is 10.5. The summed E-state index contributed by atoms with van der Waals surface area (Å²) in [7, 11) is 0. The van der Waals surface area contributed by atoms with Crippen molar-refractivity contribution in [3.8, 4) is 16.6 Å². The van der Waals surface area contributed by atoms with Crippen molar-refractivity contribution in [1.82, 2.24) is 4.98 Å². The first-order valence-corrected chi connectivity index (χ1v) is 6.05. The van der Waals surface area contributed by atoms with Crippen LogP contribution in [0.3, 0.4) is 0 Å². The lowest BCUT2D eigenvalue weighted by atomic mass is 10.2. The summed E-state index contributed by atoms with van der Waals surface area (Å²) in [6.07, 6.45) is 2.10. The first-order valence-electron chi connectivity index (χ1n) is 4.48. The molecular weight excluding hydrogens is 263 g/mol. The van der Waals surface area contributed by atoms with Gasteiger partial charge in [-0.3, -0.25) is 0 Å². The molecule has 0 N–H and O–H groups in total. The Kier molecular flexibility index (Phi) is 3.45. The molecule has 80 valence electrons. The predicted molar refractivity (Wildman–Crippen MR) is 66.9 cm³/mol. The molecule has 5 heteroatoms. The zero-order valence-electron chi connectivity index (χ0n) is 8.08. The van der Waals surface area contributed by atoms with Crippen LogP contribution in [-0.2, 0) is 6.42 Å². The number of hydrogen-bond donors (Lipinski definition) is 0. The Hall–Kier alpha value is -1.08. The van der Waals surface area contributed by atoms with Crippen molar-refractivity contribution >= 4 is 34.5 Å². The van der Waals surface area contributed by atoms with Crippen molar-refractivity contribution in [2.24, 2.45) is 0 Å². The van der Waals surface area contributed by atoms with Gasteiger partial charge in [0.2, 0.25) is 0 Å². The highest BCUT2D eigenvalue weighted by atomic mass is 35.5. The molecule has 0 saturated carbocycles. The van der Waals surface area contributed by atoms with Crippen LogP contribution in [0.4, 0.5) is 0 Å². The minimum atomic E-state index is 0.388. The average Bonchev–Trinajstić information content (AvgIpc) is 2.71. The summed E-state index contributed by atoms with van der Waals surface area (Å²) in [6, 6.07) is 7.47. The molecule has 1 aromatic carbocycles. The maximum atomic E-state index is 8.57. The number of nitriles is 1. The van der Waals surface area contributed by atoms with Crippen LogP contribution in [0.5, 0.6) is 0 Å². The summed E-state index contributed by atoms with van der Waals surface area (Å²) >= 11 is 13.2. The monoisotopic (exact) mass is 268 g/mol.